The van der Waals surface area contributed by atoms with Crippen LogP contribution in [0.3, 0.4) is 0 Å². The maximum Gasteiger partial charge on any atom is 0.346 e. The van der Waals surface area contributed by atoms with Crippen molar-refractivity contribution < 1.29 is 4.79 Å². The lowest BCUT2D eigenvalue weighted by atomic mass is 10.2. The van der Waals surface area contributed by atoms with Crippen LogP contribution in [0.25, 0.3) is 10.7 Å². The molecule has 2 aromatic heterocycles. The van der Waals surface area contributed by atoms with Gasteiger partial charge in [-0.15, -0.1) is 16.4 Å². The molecule has 7 heteroatoms. The zero-order valence-corrected chi connectivity index (χ0v) is 14.6. The molecule has 0 radical (unpaired) electrons. The normalized spacial score (nSPS) is 13.8. The Kier molecular flexibility index (Phi) is 4.01. The van der Waals surface area contributed by atoms with Crippen molar-refractivity contribution in [2.24, 2.45) is 0 Å². The van der Waals surface area contributed by atoms with E-state index in [-0.39, 0.29) is 24.2 Å². The largest absolute Gasteiger partial charge is 0.346 e. The van der Waals surface area contributed by atoms with Gasteiger partial charge in [0.25, 0.3) is 0 Å². The molecule has 1 aliphatic carbocycles. The molecule has 1 aliphatic rings. The Balaban J connectivity index is 1.59. The van der Waals surface area contributed by atoms with E-state index < -0.39 is 0 Å². The highest BCUT2D eigenvalue weighted by Gasteiger charge is 2.31. The molecule has 0 unspecified atom stereocenters. The summed E-state index contributed by atoms with van der Waals surface area (Å²) < 4.78 is 2.99. The topological polar surface area (TPSA) is 68.9 Å². The average Bonchev–Trinajstić information content (AvgIpc) is 3.15. The molecule has 0 spiro atoms. The minimum Gasteiger partial charge on any atom is -0.324 e. The van der Waals surface area contributed by atoms with Crippen molar-refractivity contribution in [2.45, 2.75) is 32.4 Å². The molecule has 1 fully saturated rings. The summed E-state index contributed by atoms with van der Waals surface area (Å²) >= 11 is 1.54. The molecule has 6 nitrogen and oxygen atoms in total. The van der Waals surface area contributed by atoms with Crippen LogP contribution in [0.15, 0.2) is 46.6 Å². The zero-order valence-electron chi connectivity index (χ0n) is 13.8. The first-order valence-corrected chi connectivity index (χ1v) is 9.09. The molecule has 0 atom stereocenters. The molecule has 0 bridgehead atoms. The Hall–Kier alpha value is -2.67. The summed E-state index contributed by atoms with van der Waals surface area (Å²) in [6.07, 6.45) is 1.97. The zero-order chi connectivity index (χ0) is 17.4. The number of rotatable bonds is 5. The Morgan fingerprint density at radius 2 is 2.16 bits per heavy atom. The smallest absolute Gasteiger partial charge is 0.324 e. The van der Waals surface area contributed by atoms with Gasteiger partial charge in [-0.2, -0.15) is 0 Å². The number of carbonyl (C=O) groups is 1. The van der Waals surface area contributed by atoms with Crippen LogP contribution in [0, 0.1) is 6.92 Å². The average molecular weight is 354 g/mol. The third-order valence-electron chi connectivity index (χ3n) is 4.12. The van der Waals surface area contributed by atoms with Crippen LogP contribution >= 0.6 is 11.3 Å². The van der Waals surface area contributed by atoms with Gasteiger partial charge < -0.3 is 5.32 Å². The van der Waals surface area contributed by atoms with Gasteiger partial charge in [0.15, 0.2) is 5.82 Å². The second-order valence-corrected chi connectivity index (χ2v) is 7.21. The summed E-state index contributed by atoms with van der Waals surface area (Å²) in [5.41, 5.74) is 1.57. The monoisotopic (exact) mass is 354 g/mol. The molecule has 1 N–H and O–H groups in total. The van der Waals surface area contributed by atoms with Crippen molar-refractivity contribution in [1.82, 2.24) is 14.3 Å². The summed E-state index contributed by atoms with van der Waals surface area (Å²) in [4.78, 5) is 26.0. The lowest BCUT2D eigenvalue weighted by molar-refractivity contribution is -0.117. The van der Waals surface area contributed by atoms with Crippen LogP contribution in [0.5, 0.6) is 0 Å². The third kappa shape index (κ3) is 3.28. The van der Waals surface area contributed by atoms with E-state index in [1.54, 1.807) is 15.9 Å². The van der Waals surface area contributed by atoms with Crippen molar-refractivity contribution in [3.05, 3.63) is 57.8 Å². The second-order valence-electron chi connectivity index (χ2n) is 6.26. The number of aromatic nitrogens is 3. The van der Waals surface area contributed by atoms with E-state index in [4.69, 9.17) is 0 Å². The molecule has 4 rings (SSSR count). The summed E-state index contributed by atoms with van der Waals surface area (Å²) in [6.45, 7) is 1.87. The number of thiophene rings is 1. The SMILES string of the molecule is Cc1cccc(NC(=O)Cn2nc(-c3cccs3)n(C3CC3)c2=O)c1. The Bertz CT molecular complexity index is 967. The van der Waals surface area contributed by atoms with E-state index >= 15 is 0 Å². The lowest BCUT2D eigenvalue weighted by Gasteiger charge is -2.05. The highest BCUT2D eigenvalue weighted by molar-refractivity contribution is 7.13. The second kappa shape index (κ2) is 6.33. The molecule has 1 saturated carbocycles. The first kappa shape index (κ1) is 15.8. The van der Waals surface area contributed by atoms with Crippen LogP contribution in [0.2, 0.25) is 0 Å². The third-order valence-corrected chi connectivity index (χ3v) is 4.99. The van der Waals surface area contributed by atoms with Gasteiger partial charge in [0.05, 0.1) is 4.88 Å². The van der Waals surface area contributed by atoms with Crippen LogP contribution in [0.4, 0.5) is 5.69 Å². The Morgan fingerprint density at radius 1 is 1.32 bits per heavy atom. The van der Waals surface area contributed by atoms with Gasteiger partial charge in [-0.3, -0.25) is 9.36 Å². The van der Waals surface area contributed by atoms with E-state index in [1.807, 2.05) is 48.7 Å². The summed E-state index contributed by atoms with van der Waals surface area (Å²) in [5, 5.41) is 9.21. The van der Waals surface area contributed by atoms with Crippen LogP contribution in [0.1, 0.15) is 24.4 Å². The van der Waals surface area contributed by atoms with Gasteiger partial charge in [-0.05, 0) is 48.9 Å². The first-order valence-electron chi connectivity index (χ1n) is 8.21. The maximum atomic E-state index is 12.7. The van der Waals surface area contributed by atoms with Gasteiger partial charge in [-0.25, -0.2) is 9.48 Å². The number of anilines is 1. The number of benzene rings is 1. The lowest BCUT2D eigenvalue weighted by Crippen LogP contribution is -2.30. The maximum absolute atomic E-state index is 12.7. The van der Waals surface area contributed by atoms with Crippen LogP contribution in [-0.2, 0) is 11.3 Å². The Morgan fingerprint density at radius 3 is 2.84 bits per heavy atom. The van der Waals surface area contributed by atoms with Crippen molar-refractivity contribution in [3.8, 4) is 10.7 Å². The van der Waals surface area contributed by atoms with E-state index in [0.717, 1.165) is 29.0 Å². The molecule has 1 amide bonds. The van der Waals surface area contributed by atoms with E-state index in [0.29, 0.717) is 5.82 Å². The van der Waals surface area contributed by atoms with Crippen molar-refractivity contribution in [1.29, 1.82) is 0 Å². The fourth-order valence-electron chi connectivity index (χ4n) is 2.82. The minimum absolute atomic E-state index is 0.0924. The molecule has 2 heterocycles. The quantitative estimate of drug-likeness (QED) is 0.766. The van der Waals surface area contributed by atoms with E-state index in [9.17, 15) is 9.59 Å². The molecule has 25 heavy (non-hydrogen) atoms. The molecule has 128 valence electrons. The highest BCUT2D eigenvalue weighted by Crippen LogP contribution is 2.37. The summed E-state index contributed by atoms with van der Waals surface area (Å²) in [6, 6.07) is 11.7. The Labute approximate surface area is 148 Å². The predicted octanol–water partition coefficient (Wildman–Crippen LogP) is 3.06. The van der Waals surface area contributed by atoms with Gasteiger partial charge in [0.1, 0.15) is 6.54 Å². The number of amides is 1. The number of carbonyl (C=O) groups excluding carboxylic acids is 1. The van der Waals surface area contributed by atoms with Gasteiger partial charge in [-0.1, -0.05) is 18.2 Å². The van der Waals surface area contributed by atoms with Crippen LogP contribution in [-0.4, -0.2) is 20.3 Å². The standard InChI is InChI=1S/C18H18N4O2S/c1-12-4-2-5-13(10-12)19-16(23)11-21-18(24)22(14-7-8-14)17(20-21)15-6-3-9-25-15/h2-6,9-10,14H,7-8,11H2,1H3,(H,19,23). The van der Waals surface area contributed by atoms with Crippen molar-refractivity contribution >= 4 is 22.9 Å². The number of aryl methyl sites for hydroxylation is 1. The fourth-order valence-corrected chi connectivity index (χ4v) is 3.52. The van der Waals surface area contributed by atoms with E-state index in [1.165, 1.54) is 4.68 Å². The summed E-state index contributed by atoms with van der Waals surface area (Å²) in [5.74, 6) is 0.400. The molecular weight excluding hydrogens is 336 g/mol. The molecule has 0 aliphatic heterocycles. The minimum atomic E-state index is -0.258. The van der Waals surface area contributed by atoms with Gasteiger partial charge in [0.2, 0.25) is 5.91 Å². The number of hydrogen-bond acceptors (Lipinski definition) is 4. The van der Waals surface area contributed by atoms with Crippen molar-refractivity contribution in [3.63, 3.8) is 0 Å². The number of hydrogen-bond donors (Lipinski definition) is 1. The fraction of sp³-hybridized carbons (Fsp3) is 0.278. The van der Waals surface area contributed by atoms with Crippen LogP contribution < -0.4 is 11.0 Å². The first-order chi connectivity index (χ1) is 12.1. The highest BCUT2D eigenvalue weighted by atomic mass is 32.1. The number of nitrogens with zero attached hydrogens (tertiary/aromatic N) is 3. The molecule has 1 aromatic carbocycles. The number of nitrogens with one attached hydrogen (secondary N) is 1. The predicted molar refractivity (Wildman–Crippen MR) is 97.9 cm³/mol. The van der Waals surface area contributed by atoms with Gasteiger partial charge >= 0.3 is 5.69 Å². The van der Waals surface area contributed by atoms with E-state index in [2.05, 4.69) is 10.4 Å². The summed E-state index contributed by atoms with van der Waals surface area (Å²) in [7, 11) is 0. The van der Waals surface area contributed by atoms with Gasteiger partial charge in [0, 0.05) is 11.7 Å². The molecule has 3 aromatic rings. The van der Waals surface area contributed by atoms with Crippen molar-refractivity contribution in [2.75, 3.05) is 5.32 Å². The molecular formula is C18H18N4O2S. The molecule has 0 saturated heterocycles.